The SMILES string of the molecule is CCCc1nc2ccccn2c1C(=O)N1CCC(C(=O)OCC)CC1. The third kappa shape index (κ3) is 3.52. The first-order valence-corrected chi connectivity index (χ1v) is 9.07. The van der Waals surface area contributed by atoms with Crippen LogP contribution in [0.1, 0.15) is 49.3 Å². The van der Waals surface area contributed by atoms with Gasteiger partial charge >= 0.3 is 5.97 Å². The van der Waals surface area contributed by atoms with Crippen LogP contribution in [-0.2, 0) is 16.0 Å². The fourth-order valence-electron chi connectivity index (χ4n) is 3.41. The lowest BCUT2D eigenvalue weighted by Gasteiger charge is -2.31. The number of likely N-dealkylation sites (tertiary alicyclic amines) is 1. The molecule has 0 aliphatic carbocycles. The number of amides is 1. The summed E-state index contributed by atoms with van der Waals surface area (Å²) < 4.78 is 6.98. The number of hydrogen-bond donors (Lipinski definition) is 0. The topological polar surface area (TPSA) is 63.9 Å². The molecule has 6 nitrogen and oxygen atoms in total. The van der Waals surface area contributed by atoms with Crippen molar-refractivity contribution in [2.24, 2.45) is 5.92 Å². The number of piperidine rings is 1. The number of carbonyl (C=O) groups excluding carboxylic acids is 2. The van der Waals surface area contributed by atoms with Crippen LogP contribution in [0.2, 0.25) is 0 Å². The number of aromatic nitrogens is 2. The Kier molecular flexibility index (Phi) is 5.36. The van der Waals surface area contributed by atoms with Crippen molar-refractivity contribution in [2.75, 3.05) is 19.7 Å². The number of rotatable bonds is 5. The summed E-state index contributed by atoms with van der Waals surface area (Å²) in [6.07, 6.45) is 4.92. The predicted molar refractivity (Wildman–Crippen MR) is 94.4 cm³/mol. The normalized spacial score (nSPS) is 15.5. The third-order valence-corrected chi connectivity index (χ3v) is 4.69. The number of aryl methyl sites for hydroxylation is 1. The molecule has 0 saturated carbocycles. The van der Waals surface area contributed by atoms with E-state index in [4.69, 9.17) is 4.74 Å². The molecule has 2 aromatic heterocycles. The van der Waals surface area contributed by atoms with Crippen LogP contribution in [0.25, 0.3) is 5.65 Å². The fraction of sp³-hybridized carbons (Fsp3) is 0.526. The smallest absolute Gasteiger partial charge is 0.309 e. The molecule has 134 valence electrons. The maximum Gasteiger partial charge on any atom is 0.309 e. The zero-order chi connectivity index (χ0) is 17.8. The Morgan fingerprint density at radius 3 is 2.68 bits per heavy atom. The summed E-state index contributed by atoms with van der Waals surface area (Å²) in [5.74, 6) is -0.234. The molecule has 0 aromatic carbocycles. The number of fused-ring (bicyclic) bond motifs is 1. The lowest BCUT2D eigenvalue weighted by molar-refractivity contribution is -0.149. The highest BCUT2D eigenvalue weighted by Crippen LogP contribution is 2.22. The fourth-order valence-corrected chi connectivity index (χ4v) is 3.41. The maximum absolute atomic E-state index is 13.1. The molecule has 6 heteroatoms. The Morgan fingerprint density at radius 2 is 2.00 bits per heavy atom. The molecule has 0 radical (unpaired) electrons. The van der Waals surface area contributed by atoms with E-state index in [9.17, 15) is 9.59 Å². The zero-order valence-electron chi connectivity index (χ0n) is 14.9. The van der Waals surface area contributed by atoms with Crippen LogP contribution in [-0.4, -0.2) is 45.9 Å². The van der Waals surface area contributed by atoms with Gasteiger partial charge in [0, 0.05) is 19.3 Å². The Morgan fingerprint density at radius 1 is 1.24 bits per heavy atom. The summed E-state index contributed by atoms with van der Waals surface area (Å²) in [6.45, 7) is 5.46. The lowest BCUT2D eigenvalue weighted by atomic mass is 9.96. The molecule has 0 atom stereocenters. The van der Waals surface area contributed by atoms with Crippen LogP contribution in [0.5, 0.6) is 0 Å². The molecule has 1 fully saturated rings. The summed E-state index contributed by atoms with van der Waals surface area (Å²) in [4.78, 5) is 31.5. The summed E-state index contributed by atoms with van der Waals surface area (Å²) in [7, 11) is 0. The van der Waals surface area contributed by atoms with Crippen molar-refractivity contribution >= 4 is 17.5 Å². The van der Waals surface area contributed by atoms with Gasteiger partial charge in [-0.3, -0.25) is 14.0 Å². The van der Waals surface area contributed by atoms with E-state index in [1.807, 2.05) is 40.6 Å². The van der Waals surface area contributed by atoms with E-state index in [1.165, 1.54) is 0 Å². The van der Waals surface area contributed by atoms with E-state index < -0.39 is 0 Å². The Hall–Kier alpha value is -2.37. The van der Waals surface area contributed by atoms with Gasteiger partial charge in [0.2, 0.25) is 0 Å². The van der Waals surface area contributed by atoms with Crippen LogP contribution in [0.3, 0.4) is 0 Å². The number of pyridine rings is 1. The van der Waals surface area contributed by atoms with Crippen LogP contribution < -0.4 is 0 Å². The maximum atomic E-state index is 13.1. The highest BCUT2D eigenvalue weighted by molar-refractivity contribution is 5.95. The van der Waals surface area contributed by atoms with Gasteiger partial charge in [0.1, 0.15) is 11.3 Å². The van der Waals surface area contributed by atoms with Gasteiger partial charge in [-0.05, 0) is 38.3 Å². The summed E-state index contributed by atoms with van der Waals surface area (Å²) in [6, 6.07) is 5.76. The van der Waals surface area contributed by atoms with Gasteiger partial charge in [-0.1, -0.05) is 19.4 Å². The molecule has 3 heterocycles. The van der Waals surface area contributed by atoms with Crippen molar-refractivity contribution in [2.45, 2.75) is 39.5 Å². The first-order valence-electron chi connectivity index (χ1n) is 9.07. The second-order valence-electron chi connectivity index (χ2n) is 6.40. The molecule has 0 N–H and O–H groups in total. The number of hydrogen-bond acceptors (Lipinski definition) is 4. The number of imidazole rings is 1. The second-order valence-corrected chi connectivity index (χ2v) is 6.40. The second kappa shape index (κ2) is 7.68. The first-order chi connectivity index (χ1) is 12.2. The van der Waals surface area contributed by atoms with E-state index in [1.54, 1.807) is 0 Å². The van der Waals surface area contributed by atoms with Crippen LogP contribution in [0, 0.1) is 5.92 Å². The van der Waals surface area contributed by atoms with Gasteiger partial charge < -0.3 is 9.64 Å². The molecule has 0 unspecified atom stereocenters. The summed E-state index contributed by atoms with van der Waals surface area (Å²) in [5, 5.41) is 0. The van der Waals surface area contributed by atoms with Crippen molar-refractivity contribution in [3.05, 3.63) is 35.8 Å². The van der Waals surface area contributed by atoms with E-state index in [-0.39, 0.29) is 17.8 Å². The van der Waals surface area contributed by atoms with Gasteiger partial charge in [-0.25, -0.2) is 4.98 Å². The molecule has 1 saturated heterocycles. The minimum atomic E-state index is -0.143. The van der Waals surface area contributed by atoms with Crippen molar-refractivity contribution in [3.8, 4) is 0 Å². The molecular formula is C19H25N3O3. The molecule has 1 aliphatic heterocycles. The monoisotopic (exact) mass is 343 g/mol. The van der Waals surface area contributed by atoms with Gasteiger partial charge in [-0.15, -0.1) is 0 Å². The molecule has 25 heavy (non-hydrogen) atoms. The highest BCUT2D eigenvalue weighted by Gasteiger charge is 2.31. The van der Waals surface area contributed by atoms with E-state index in [0.29, 0.717) is 38.2 Å². The largest absolute Gasteiger partial charge is 0.466 e. The summed E-state index contributed by atoms with van der Waals surface area (Å²) >= 11 is 0. The Balaban J connectivity index is 1.79. The quantitative estimate of drug-likeness (QED) is 0.783. The van der Waals surface area contributed by atoms with E-state index in [0.717, 1.165) is 24.2 Å². The average molecular weight is 343 g/mol. The first kappa shape index (κ1) is 17.5. The average Bonchev–Trinajstić information content (AvgIpc) is 3.00. The van der Waals surface area contributed by atoms with Gasteiger partial charge in [0.25, 0.3) is 5.91 Å². The molecule has 1 amide bonds. The minimum absolute atomic E-state index is 0.00413. The van der Waals surface area contributed by atoms with Gasteiger partial charge in [0.15, 0.2) is 0 Å². The van der Waals surface area contributed by atoms with Crippen LogP contribution in [0.4, 0.5) is 0 Å². The molecule has 2 aromatic rings. The molecule has 1 aliphatic rings. The van der Waals surface area contributed by atoms with E-state index in [2.05, 4.69) is 11.9 Å². The molecular weight excluding hydrogens is 318 g/mol. The van der Waals surface area contributed by atoms with Crippen molar-refractivity contribution < 1.29 is 14.3 Å². The summed E-state index contributed by atoms with van der Waals surface area (Å²) in [5.41, 5.74) is 2.31. The van der Waals surface area contributed by atoms with Gasteiger partial charge in [-0.2, -0.15) is 0 Å². The molecule has 3 rings (SSSR count). The Labute approximate surface area is 147 Å². The molecule has 0 spiro atoms. The van der Waals surface area contributed by atoms with Crippen molar-refractivity contribution in [1.82, 2.24) is 14.3 Å². The van der Waals surface area contributed by atoms with Crippen molar-refractivity contribution in [3.63, 3.8) is 0 Å². The molecule has 0 bridgehead atoms. The van der Waals surface area contributed by atoms with Crippen molar-refractivity contribution in [1.29, 1.82) is 0 Å². The van der Waals surface area contributed by atoms with E-state index >= 15 is 0 Å². The third-order valence-electron chi connectivity index (χ3n) is 4.69. The number of esters is 1. The highest BCUT2D eigenvalue weighted by atomic mass is 16.5. The number of carbonyl (C=O) groups is 2. The van der Waals surface area contributed by atoms with Gasteiger partial charge in [0.05, 0.1) is 18.2 Å². The standard InChI is InChI=1S/C19H25N3O3/c1-3-7-15-17(22-11-6-5-8-16(22)20-15)18(23)21-12-9-14(10-13-21)19(24)25-4-2/h5-6,8,11,14H,3-4,7,9-10,12-13H2,1-2H3. The van der Waals surface area contributed by atoms with Crippen LogP contribution in [0.15, 0.2) is 24.4 Å². The zero-order valence-corrected chi connectivity index (χ0v) is 14.9. The van der Waals surface area contributed by atoms with Crippen LogP contribution >= 0.6 is 0 Å². The minimum Gasteiger partial charge on any atom is -0.466 e. The predicted octanol–water partition coefficient (Wildman–Crippen LogP) is 2.70. The lowest BCUT2D eigenvalue weighted by Crippen LogP contribution is -2.41. The number of ether oxygens (including phenoxy) is 1. The number of nitrogens with zero attached hydrogens (tertiary/aromatic N) is 3. The Bertz CT molecular complexity index is 760.